The molecule has 0 aliphatic rings. The van der Waals surface area contributed by atoms with Crippen LogP contribution in [0.4, 0.5) is 0 Å². The molecule has 0 aliphatic carbocycles. The molecule has 8 nitrogen and oxygen atoms in total. The number of esters is 2. The van der Waals surface area contributed by atoms with Gasteiger partial charge in [-0.25, -0.2) is 9.59 Å². The second kappa shape index (κ2) is 19.1. The van der Waals surface area contributed by atoms with Crippen molar-refractivity contribution in [2.75, 3.05) is 13.7 Å². The third-order valence-corrected chi connectivity index (χ3v) is 2.83. The number of hydrogen-bond donors (Lipinski definition) is 3. The van der Waals surface area contributed by atoms with Crippen LogP contribution >= 0.6 is 0 Å². The molecule has 0 fully saturated rings. The summed E-state index contributed by atoms with van der Waals surface area (Å²) in [4.78, 5) is 30.4. The molecule has 2 aromatic rings. The number of carbonyl (C=O) groups excluding carboxylic acids is 2. The zero-order chi connectivity index (χ0) is 20.7. The van der Waals surface area contributed by atoms with Crippen LogP contribution in [0, 0.1) is 0 Å². The second-order valence-electron chi connectivity index (χ2n) is 4.83. The van der Waals surface area contributed by atoms with E-state index in [9.17, 15) is 9.59 Å². The maximum absolute atomic E-state index is 11.2. The van der Waals surface area contributed by atoms with E-state index in [-0.39, 0.29) is 65.9 Å². The van der Waals surface area contributed by atoms with Crippen molar-refractivity contribution in [2.45, 2.75) is 13.3 Å². The van der Waals surface area contributed by atoms with Gasteiger partial charge >= 0.3 is 41.5 Å². The summed E-state index contributed by atoms with van der Waals surface area (Å²) >= 11 is 0. The monoisotopic (exact) mass is 436 g/mol. The maximum atomic E-state index is 11.2. The first-order valence-electron chi connectivity index (χ1n) is 7.80. The van der Waals surface area contributed by atoms with E-state index in [2.05, 4.69) is 4.74 Å². The number of phenols is 2. The summed E-state index contributed by atoms with van der Waals surface area (Å²) in [6.45, 7) is 2.11. The summed E-state index contributed by atoms with van der Waals surface area (Å²) in [5.41, 5.74) is 0.900. The van der Waals surface area contributed by atoms with Crippen LogP contribution in [-0.4, -0.2) is 47.4 Å². The molecule has 0 saturated carbocycles. The number of phenolic OH excluding ortho intramolecular Hbond substituents is 2. The van der Waals surface area contributed by atoms with E-state index in [1.165, 1.54) is 55.6 Å². The Morgan fingerprint density at radius 1 is 0.897 bits per heavy atom. The van der Waals surface area contributed by atoms with E-state index in [4.69, 9.17) is 24.9 Å². The number of rotatable bonds is 4. The maximum Gasteiger partial charge on any atom is 1.00 e. The van der Waals surface area contributed by atoms with Gasteiger partial charge in [0, 0.05) is 0 Å². The minimum Gasteiger partial charge on any atom is -1.00 e. The Hall–Kier alpha value is -2.26. The molecule has 0 atom stereocenters. The first-order chi connectivity index (χ1) is 12.9. The molecule has 154 valence electrons. The number of methoxy groups -OCH3 is 1. The van der Waals surface area contributed by atoms with E-state index in [0.29, 0.717) is 17.7 Å². The van der Waals surface area contributed by atoms with Gasteiger partial charge in [0.1, 0.15) is 11.5 Å². The van der Waals surface area contributed by atoms with Gasteiger partial charge in [0.25, 0.3) is 6.47 Å². The van der Waals surface area contributed by atoms with Crippen LogP contribution in [0.5, 0.6) is 11.5 Å². The van der Waals surface area contributed by atoms with Crippen molar-refractivity contribution in [1.82, 2.24) is 0 Å². The normalized spacial score (nSPS) is 8.21. The van der Waals surface area contributed by atoms with Gasteiger partial charge in [0.15, 0.2) is 0 Å². The molecular weight excluding hydrogens is 415 g/mol. The van der Waals surface area contributed by atoms with Gasteiger partial charge in [-0.05, 0) is 55.0 Å². The van der Waals surface area contributed by atoms with Gasteiger partial charge < -0.3 is 37.2 Å². The predicted octanol–water partition coefficient (Wildman–Crippen LogP) is -3.15. The van der Waals surface area contributed by atoms with E-state index in [0.717, 1.165) is 6.42 Å². The largest absolute Gasteiger partial charge is 1.00 e. The van der Waals surface area contributed by atoms with Crippen molar-refractivity contribution in [2.24, 2.45) is 0 Å². The molecular formula is C19H22ClNaO8. The third-order valence-electron chi connectivity index (χ3n) is 2.83. The van der Waals surface area contributed by atoms with Gasteiger partial charge in [-0.3, -0.25) is 4.79 Å². The molecule has 0 saturated heterocycles. The fourth-order valence-electron chi connectivity index (χ4n) is 1.59. The van der Waals surface area contributed by atoms with Gasteiger partial charge in [-0.15, -0.1) is 0 Å². The van der Waals surface area contributed by atoms with Gasteiger partial charge in [0.2, 0.25) is 0 Å². The van der Waals surface area contributed by atoms with E-state index in [1.54, 1.807) is 0 Å². The molecule has 2 rings (SSSR count). The topological polar surface area (TPSA) is 130 Å². The standard InChI is InChI=1S/C10H12O3.C8H8O3.CH2O2.ClH.Na/c1-2-7-13-10(12)8-3-5-9(11)6-4-8;1-11-8(10)6-2-4-7(9)5-3-6;2-1-3;;/h3-6,11H,2,7H2,1H3;2-5,9H,1H3;1H,(H,2,3);1H;/q;;;;+1/p-1. The number of benzene rings is 2. The van der Waals surface area contributed by atoms with Crippen LogP contribution in [0.2, 0.25) is 0 Å². The average Bonchev–Trinajstić information content (AvgIpc) is 2.68. The van der Waals surface area contributed by atoms with Crippen LogP contribution in [0.3, 0.4) is 0 Å². The van der Waals surface area contributed by atoms with Crippen molar-refractivity contribution in [3.63, 3.8) is 0 Å². The summed E-state index contributed by atoms with van der Waals surface area (Å²) in [5, 5.41) is 24.7. The van der Waals surface area contributed by atoms with Gasteiger partial charge in [0.05, 0.1) is 24.8 Å². The minimum atomic E-state index is -0.398. The molecule has 0 spiro atoms. The fourth-order valence-corrected chi connectivity index (χ4v) is 1.59. The molecule has 0 aliphatic heterocycles. The van der Waals surface area contributed by atoms with Crippen LogP contribution in [0.1, 0.15) is 34.1 Å². The molecule has 0 radical (unpaired) electrons. The molecule has 0 amide bonds. The number of hydrogen-bond acceptors (Lipinski definition) is 7. The summed E-state index contributed by atoms with van der Waals surface area (Å²) < 4.78 is 9.35. The van der Waals surface area contributed by atoms with Crippen molar-refractivity contribution in [3.8, 4) is 11.5 Å². The Kier molecular flexibility index (Phi) is 20.7. The summed E-state index contributed by atoms with van der Waals surface area (Å²) in [5.74, 6) is -0.462. The summed E-state index contributed by atoms with van der Waals surface area (Å²) in [6, 6.07) is 11.9. The number of halogens is 1. The molecule has 0 heterocycles. The first-order valence-corrected chi connectivity index (χ1v) is 7.80. The molecule has 10 heteroatoms. The van der Waals surface area contributed by atoms with Crippen LogP contribution in [0.25, 0.3) is 0 Å². The predicted molar refractivity (Wildman–Crippen MR) is 96.8 cm³/mol. The summed E-state index contributed by atoms with van der Waals surface area (Å²) in [6.07, 6.45) is 0.809. The Morgan fingerprint density at radius 3 is 1.55 bits per heavy atom. The minimum absolute atomic E-state index is 0. The molecule has 29 heavy (non-hydrogen) atoms. The third kappa shape index (κ3) is 14.4. The van der Waals surface area contributed by atoms with Crippen LogP contribution in [-0.2, 0) is 14.3 Å². The van der Waals surface area contributed by atoms with Gasteiger partial charge in [-0.1, -0.05) is 6.92 Å². The van der Waals surface area contributed by atoms with Crippen LogP contribution < -0.4 is 42.0 Å². The number of carboxylic acid groups (broad SMARTS) is 1. The summed E-state index contributed by atoms with van der Waals surface area (Å²) in [7, 11) is 1.31. The zero-order valence-electron chi connectivity index (χ0n) is 16.4. The fraction of sp³-hybridized carbons (Fsp3) is 0.211. The van der Waals surface area contributed by atoms with Crippen molar-refractivity contribution >= 4 is 18.4 Å². The van der Waals surface area contributed by atoms with E-state index in [1.807, 2.05) is 6.92 Å². The molecule has 0 unspecified atom stereocenters. The molecule has 0 aromatic heterocycles. The van der Waals surface area contributed by atoms with E-state index >= 15 is 0 Å². The van der Waals surface area contributed by atoms with E-state index < -0.39 is 5.97 Å². The molecule has 0 bridgehead atoms. The Balaban J connectivity index is -0.000000390. The number of ether oxygens (including phenoxy) is 2. The van der Waals surface area contributed by atoms with Crippen molar-refractivity contribution in [1.29, 1.82) is 0 Å². The SMILES string of the molecule is CCCOC(=O)c1ccc(O)cc1.COC(=O)c1ccc(O)cc1.O=CO.[Cl-].[Na+]. The average molecular weight is 437 g/mol. The number of carbonyl (C=O) groups is 3. The van der Waals surface area contributed by atoms with Crippen molar-refractivity contribution < 1.29 is 81.1 Å². The quantitative estimate of drug-likeness (QED) is 0.260. The second-order valence-corrected chi connectivity index (χ2v) is 4.83. The first kappa shape index (κ1) is 31.4. The van der Waals surface area contributed by atoms with Crippen LogP contribution in [0.15, 0.2) is 48.5 Å². The molecule has 3 N–H and O–H groups in total. The smallest absolute Gasteiger partial charge is 1.00 e. The zero-order valence-corrected chi connectivity index (χ0v) is 19.1. The van der Waals surface area contributed by atoms with Gasteiger partial charge in [-0.2, -0.15) is 0 Å². The Labute approximate surface area is 197 Å². The van der Waals surface area contributed by atoms with Crippen molar-refractivity contribution in [3.05, 3.63) is 59.7 Å². The number of aromatic hydroxyl groups is 2. The Morgan fingerprint density at radius 2 is 1.24 bits per heavy atom. The Bertz CT molecular complexity index is 705. The molecule has 2 aromatic carbocycles.